The van der Waals surface area contributed by atoms with Gasteiger partial charge in [0.1, 0.15) is 17.2 Å². The lowest BCUT2D eigenvalue weighted by atomic mass is 10.1. The van der Waals surface area contributed by atoms with E-state index in [1.165, 1.54) is 0 Å². The van der Waals surface area contributed by atoms with Crippen molar-refractivity contribution in [2.75, 3.05) is 13.7 Å². The number of ether oxygens (including phenoxy) is 2. The molecule has 3 rings (SSSR count). The summed E-state index contributed by atoms with van der Waals surface area (Å²) in [6.07, 6.45) is 0. The number of aromatic nitrogens is 2. The summed E-state index contributed by atoms with van der Waals surface area (Å²) in [6.45, 7) is 4.29. The first-order chi connectivity index (χ1) is 13.6. The van der Waals surface area contributed by atoms with Crippen LogP contribution >= 0.6 is 0 Å². The number of hydrogen-bond donors (Lipinski definition) is 2. The molecule has 7 heteroatoms. The van der Waals surface area contributed by atoms with Gasteiger partial charge in [0.25, 0.3) is 5.91 Å². The molecule has 1 heterocycles. The zero-order chi connectivity index (χ0) is 19.9. The molecule has 0 aliphatic rings. The Morgan fingerprint density at radius 2 is 1.93 bits per heavy atom. The Labute approximate surface area is 163 Å². The molecule has 3 aromatic rings. The third kappa shape index (κ3) is 4.37. The van der Waals surface area contributed by atoms with Gasteiger partial charge in [-0.2, -0.15) is 10.2 Å². The van der Waals surface area contributed by atoms with Gasteiger partial charge in [-0.15, -0.1) is 0 Å². The molecule has 1 amide bonds. The highest BCUT2D eigenvalue weighted by Gasteiger charge is 2.13. The lowest BCUT2D eigenvalue weighted by Gasteiger charge is -2.07. The summed E-state index contributed by atoms with van der Waals surface area (Å²) in [6, 6.07) is 16.7. The zero-order valence-corrected chi connectivity index (χ0v) is 16.0. The van der Waals surface area contributed by atoms with E-state index in [2.05, 4.69) is 20.7 Å². The SMILES string of the molecule is CCOc1ccccc1-c1cc(C(=O)N/N=C(\C)c2ccc(OC)cc2)[nH]n1. The second kappa shape index (κ2) is 8.85. The number of amides is 1. The first kappa shape index (κ1) is 19.2. The molecule has 2 N–H and O–H groups in total. The van der Waals surface area contributed by atoms with E-state index in [0.29, 0.717) is 23.7 Å². The minimum absolute atomic E-state index is 0.313. The minimum atomic E-state index is -0.375. The predicted molar refractivity (Wildman–Crippen MR) is 108 cm³/mol. The van der Waals surface area contributed by atoms with Gasteiger partial charge in [0.05, 0.1) is 25.1 Å². The first-order valence-corrected chi connectivity index (χ1v) is 8.89. The van der Waals surface area contributed by atoms with Gasteiger partial charge < -0.3 is 9.47 Å². The van der Waals surface area contributed by atoms with Crippen LogP contribution < -0.4 is 14.9 Å². The molecule has 0 atom stereocenters. The van der Waals surface area contributed by atoms with Crippen molar-refractivity contribution < 1.29 is 14.3 Å². The summed E-state index contributed by atoms with van der Waals surface area (Å²) >= 11 is 0. The second-order valence-electron chi connectivity index (χ2n) is 5.96. The van der Waals surface area contributed by atoms with Crippen LogP contribution in [0, 0.1) is 0 Å². The largest absolute Gasteiger partial charge is 0.497 e. The molecule has 0 bridgehead atoms. The summed E-state index contributed by atoms with van der Waals surface area (Å²) in [5.41, 5.74) is 5.87. The summed E-state index contributed by atoms with van der Waals surface area (Å²) in [5.74, 6) is 1.11. The quantitative estimate of drug-likeness (QED) is 0.485. The molecule has 0 radical (unpaired) electrons. The molecule has 2 aromatic carbocycles. The Bertz CT molecular complexity index is 977. The fraction of sp³-hybridized carbons (Fsp3) is 0.190. The molecule has 0 saturated carbocycles. The van der Waals surface area contributed by atoms with Crippen LogP contribution in [-0.4, -0.2) is 35.5 Å². The average molecular weight is 378 g/mol. The van der Waals surface area contributed by atoms with Crippen molar-refractivity contribution in [3.63, 3.8) is 0 Å². The molecule has 0 unspecified atom stereocenters. The Morgan fingerprint density at radius 1 is 1.18 bits per heavy atom. The Morgan fingerprint density at radius 3 is 2.64 bits per heavy atom. The van der Waals surface area contributed by atoms with Crippen LogP contribution in [0.25, 0.3) is 11.3 Å². The van der Waals surface area contributed by atoms with Gasteiger partial charge in [0.2, 0.25) is 0 Å². The van der Waals surface area contributed by atoms with Crippen molar-refractivity contribution >= 4 is 11.6 Å². The Hall–Kier alpha value is -3.61. The standard InChI is InChI=1S/C21H22N4O3/c1-4-28-20-8-6-5-7-17(20)18-13-19(24-23-18)21(26)25-22-14(2)15-9-11-16(27-3)12-10-15/h5-13H,4H2,1-3H3,(H,23,24)(H,25,26)/b22-14+. The summed E-state index contributed by atoms with van der Waals surface area (Å²) < 4.78 is 10.8. The maximum atomic E-state index is 12.4. The number of H-pyrrole nitrogens is 1. The van der Waals surface area contributed by atoms with Crippen LogP contribution in [0.5, 0.6) is 11.5 Å². The van der Waals surface area contributed by atoms with Crippen molar-refractivity contribution in [3.8, 4) is 22.8 Å². The molecule has 7 nitrogen and oxygen atoms in total. The molecule has 144 valence electrons. The molecule has 28 heavy (non-hydrogen) atoms. The van der Waals surface area contributed by atoms with Crippen LogP contribution in [0.4, 0.5) is 0 Å². The number of carbonyl (C=O) groups is 1. The number of benzene rings is 2. The van der Waals surface area contributed by atoms with Gasteiger partial charge in [-0.05, 0) is 61.9 Å². The van der Waals surface area contributed by atoms with Crippen LogP contribution in [0.15, 0.2) is 59.7 Å². The number of hydrogen-bond acceptors (Lipinski definition) is 5. The highest BCUT2D eigenvalue weighted by molar-refractivity contribution is 6.00. The van der Waals surface area contributed by atoms with Gasteiger partial charge in [-0.25, -0.2) is 5.43 Å². The van der Waals surface area contributed by atoms with E-state index in [0.717, 1.165) is 22.6 Å². The number of rotatable bonds is 7. The molecular weight excluding hydrogens is 356 g/mol. The van der Waals surface area contributed by atoms with E-state index in [-0.39, 0.29) is 5.91 Å². The highest BCUT2D eigenvalue weighted by Crippen LogP contribution is 2.28. The summed E-state index contributed by atoms with van der Waals surface area (Å²) in [4.78, 5) is 12.4. The Kier molecular flexibility index (Phi) is 6.06. The van der Waals surface area contributed by atoms with E-state index >= 15 is 0 Å². The molecule has 0 fully saturated rings. The number of nitrogens with one attached hydrogen (secondary N) is 2. The number of methoxy groups -OCH3 is 1. The van der Waals surface area contributed by atoms with Crippen molar-refractivity contribution in [2.45, 2.75) is 13.8 Å². The molecular formula is C21H22N4O3. The predicted octanol–water partition coefficient (Wildman–Crippen LogP) is 3.64. The van der Waals surface area contributed by atoms with Gasteiger partial charge in [0.15, 0.2) is 0 Å². The molecule has 1 aromatic heterocycles. The van der Waals surface area contributed by atoms with Gasteiger partial charge in [-0.1, -0.05) is 12.1 Å². The molecule has 0 aliphatic carbocycles. The smallest absolute Gasteiger partial charge is 0.289 e. The topological polar surface area (TPSA) is 88.6 Å². The summed E-state index contributed by atoms with van der Waals surface area (Å²) in [5, 5.41) is 11.1. The van der Waals surface area contributed by atoms with E-state index in [1.807, 2.05) is 62.4 Å². The number of aromatic amines is 1. The van der Waals surface area contributed by atoms with Gasteiger partial charge >= 0.3 is 0 Å². The lowest BCUT2D eigenvalue weighted by molar-refractivity contribution is 0.0950. The number of hydrazone groups is 1. The monoisotopic (exact) mass is 378 g/mol. The van der Waals surface area contributed by atoms with Crippen LogP contribution in [-0.2, 0) is 0 Å². The van der Waals surface area contributed by atoms with Crippen LogP contribution in [0.2, 0.25) is 0 Å². The normalized spacial score (nSPS) is 11.2. The van der Waals surface area contributed by atoms with Crippen molar-refractivity contribution in [1.29, 1.82) is 0 Å². The summed E-state index contributed by atoms with van der Waals surface area (Å²) in [7, 11) is 1.61. The van der Waals surface area contributed by atoms with E-state index in [9.17, 15) is 4.79 Å². The second-order valence-corrected chi connectivity index (χ2v) is 5.96. The lowest BCUT2D eigenvalue weighted by Crippen LogP contribution is -2.19. The molecule has 0 spiro atoms. The maximum Gasteiger partial charge on any atom is 0.289 e. The fourth-order valence-electron chi connectivity index (χ4n) is 2.63. The van der Waals surface area contributed by atoms with Crippen LogP contribution in [0.3, 0.4) is 0 Å². The van der Waals surface area contributed by atoms with Crippen molar-refractivity contribution in [1.82, 2.24) is 15.6 Å². The van der Waals surface area contributed by atoms with Crippen LogP contribution in [0.1, 0.15) is 29.9 Å². The number of para-hydroxylation sites is 1. The maximum absolute atomic E-state index is 12.4. The number of nitrogens with zero attached hydrogens (tertiary/aromatic N) is 2. The van der Waals surface area contributed by atoms with E-state index in [1.54, 1.807) is 13.2 Å². The van der Waals surface area contributed by atoms with Gasteiger partial charge in [-0.3, -0.25) is 9.89 Å². The third-order valence-electron chi connectivity index (χ3n) is 4.12. The zero-order valence-electron chi connectivity index (χ0n) is 16.0. The average Bonchev–Trinajstić information content (AvgIpc) is 3.22. The highest BCUT2D eigenvalue weighted by atomic mass is 16.5. The Balaban J connectivity index is 1.72. The van der Waals surface area contributed by atoms with E-state index < -0.39 is 0 Å². The van der Waals surface area contributed by atoms with Crippen molar-refractivity contribution in [3.05, 3.63) is 65.9 Å². The van der Waals surface area contributed by atoms with Crippen molar-refractivity contribution in [2.24, 2.45) is 5.10 Å². The molecule has 0 aliphatic heterocycles. The third-order valence-corrected chi connectivity index (χ3v) is 4.12. The fourth-order valence-corrected chi connectivity index (χ4v) is 2.63. The number of carbonyl (C=O) groups excluding carboxylic acids is 1. The minimum Gasteiger partial charge on any atom is -0.497 e. The van der Waals surface area contributed by atoms with E-state index in [4.69, 9.17) is 9.47 Å². The molecule has 0 saturated heterocycles. The van der Waals surface area contributed by atoms with Gasteiger partial charge in [0, 0.05) is 5.56 Å². The first-order valence-electron chi connectivity index (χ1n) is 8.89.